The van der Waals surface area contributed by atoms with Crippen LogP contribution in [0.1, 0.15) is 29.0 Å². The highest BCUT2D eigenvalue weighted by molar-refractivity contribution is 6.30. The smallest absolute Gasteiger partial charge is 0.315 e. The van der Waals surface area contributed by atoms with E-state index in [9.17, 15) is 14.4 Å². The normalized spacial score (nSPS) is 19.9. The number of rotatable bonds is 8. The number of carbonyl (C=O) groups is 2. The van der Waals surface area contributed by atoms with Gasteiger partial charge in [-0.1, -0.05) is 17.7 Å². The molecule has 0 radical (unpaired) electrons. The molecule has 42 heavy (non-hydrogen) atoms. The van der Waals surface area contributed by atoms with Crippen molar-refractivity contribution >= 4 is 29.2 Å². The summed E-state index contributed by atoms with van der Waals surface area (Å²) in [5, 5.41) is 6.20. The summed E-state index contributed by atoms with van der Waals surface area (Å²) in [7, 11) is 2.79. The summed E-state index contributed by atoms with van der Waals surface area (Å²) in [5.41, 5.74) is 1.37. The number of aromatic nitrogens is 1. The fraction of sp³-hybridized carbons (Fsp3) is 0.367. The number of halogens is 3. The Kier molecular flexibility index (Phi) is 8.79. The summed E-state index contributed by atoms with van der Waals surface area (Å²) >= 11 is 6.10. The number of anilines is 1. The third-order valence-electron chi connectivity index (χ3n) is 7.82. The Morgan fingerprint density at radius 3 is 2.55 bits per heavy atom. The van der Waals surface area contributed by atoms with Gasteiger partial charge in [-0.2, -0.15) is 0 Å². The first-order valence-corrected chi connectivity index (χ1v) is 13.9. The fourth-order valence-corrected chi connectivity index (χ4v) is 5.91. The molecule has 5 rings (SSSR count). The third kappa shape index (κ3) is 5.98. The maximum atomic E-state index is 15.3. The van der Waals surface area contributed by atoms with Crippen molar-refractivity contribution in [1.82, 2.24) is 15.2 Å². The van der Waals surface area contributed by atoms with Gasteiger partial charge < -0.3 is 29.6 Å². The number of aryl methyl sites for hydroxylation is 1. The average molecular weight is 601 g/mol. The molecule has 1 aromatic heterocycles. The Hall–Kier alpha value is -3.96. The van der Waals surface area contributed by atoms with Gasteiger partial charge in [0.25, 0.3) is 11.5 Å². The van der Waals surface area contributed by atoms with Crippen molar-refractivity contribution in [2.24, 2.45) is 0 Å². The monoisotopic (exact) mass is 600 g/mol. The second-order valence-corrected chi connectivity index (χ2v) is 10.8. The van der Waals surface area contributed by atoms with Gasteiger partial charge in [0.15, 0.2) is 0 Å². The number of amides is 3. The molecule has 3 aromatic rings. The van der Waals surface area contributed by atoms with Crippen LogP contribution in [0.5, 0.6) is 5.75 Å². The molecule has 2 aliphatic rings. The Morgan fingerprint density at radius 2 is 1.83 bits per heavy atom. The quantitative estimate of drug-likeness (QED) is 0.410. The third-order valence-corrected chi connectivity index (χ3v) is 8.05. The van der Waals surface area contributed by atoms with E-state index in [0.29, 0.717) is 24.3 Å². The highest BCUT2D eigenvalue weighted by Gasteiger charge is 2.46. The van der Waals surface area contributed by atoms with Crippen LogP contribution in [0, 0.1) is 11.6 Å². The average Bonchev–Trinajstić information content (AvgIpc) is 3.26. The van der Waals surface area contributed by atoms with Crippen molar-refractivity contribution < 1.29 is 27.8 Å². The number of pyridine rings is 1. The van der Waals surface area contributed by atoms with Crippen LogP contribution >= 0.6 is 11.6 Å². The van der Waals surface area contributed by atoms with Crippen LogP contribution in [0.15, 0.2) is 53.5 Å². The lowest BCUT2D eigenvalue weighted by molar-refractivity contribution is -0.118. The second-order valence-electron chi connectivity index (χ2n) is 10.4. The van der Waals surface area contributed by atoms with Crippen molar-refractivity contribution in [3.05, 3.63) is 92.4 Å². The highest BCUT2D eigenvalue weighted by atomic mass is 35.5. The van der Waals surface area contributed by atoms with Gasteiger partial charge in [-0.25, -0.2) is 13.6 Å². The van der Waals surface area contributed by atoms with E-state index in [0.717, 1.165) is 23.3 Å². The number of nitrogens with zero attached hydrogens (tertiary/aromatic N) is 2. The van der Waals surface area contributed by atoms with Crippen LogP contribution in [0.4, 0.5) is 19.3 Å². The molecule has 1 fully saturated rings. The number of nitrogens with one attached hydrogen (secondary N) is 2. The van der Waals surface area contributed by atoms with E-state index < -0.39 is 41.1 Å². The molecular formula is C30H31ClF2N4O5. The van der Waals surface area contributed by atoms with Crippen molar-refractivity contribution in [2.75, 3.05) is 32.3 Å². The topological polar surface area (TPSA) is 102 Å². The van der Waals surface area contributed by atoms with Gasteiger partial charge >= 0.3 is 6.03 Å². The van der Waals surface area contributed by atoms with Gasteiger partial charge in [0.1, 0.15) is 29.1 Å². The minimum Gasteiger partial charge on any atom is -0.497 e. The molecule has 0 spiro atoms. The molecule has 222 valence electrons. The first kappa shape index (κ1) is 29.5. The molecule has 12 heteroatoms. The Morgan fingerprint density at radius 1 is 1.07 bits per heavy atom. The zero-order valence-corrected chi connectivity index (χ0v) is 23.9. The molecule has 9 nitrogen and oxygen atoms in total. The lowest BCUT2D eigenvalue weighted by Gasteiger charge is -2.27. The predicted octanol–water partition coefficient (Wildman–Crippen LogP) is 3.79. The lowest BCUT2D eigenvalue weighted by Crippen LogP contribution is -2.51. The van der Waals surface area contributed by atoms with Crippen LogP contribution < -0.4 is 25.8 Å². The van der Waals surface area contributed by atoms with E-state index in [1.807, 2.05) is 12.1 Å². The number of hydrogen-bond acceptors (Lipinski definition) is 5. The number of methoxy groups -OCH3 is 2. The summed E-state index contributed by atoms with van der Waals surface area (Å²) in [6.07, 6.45) is 3.50. The van der Waals surface area contributed by atoms with Crippen LogP contribution in [-0.4, -0.2) is 56.0 Å². The molecular weight excluding hydrogens is 570 g/mol. The molecule has 1 unspecified atom stereocenters. The van der Waals surface area contributed by atoms with E-state index in [2.05, 4.69) is 10.6 Å². The van der Waals surface area contributed by atoms with E-state index in [1.54, 1.807) is 18.3 Å². The van der Waals surface area contributed by atoms with Crippen molar-refractivity contribution in [1.29, 1.82) is 0 Å². The lowest BCUT2D eigenvalue weighted by atomic mass is 9.88. The van der Waals surface area contributed by atoms with E-state index in [-0.39, 0.29) is 42.7 Å². The standard InChI is InChI=1S/C30H31ClF2N4O5/c1-41-11-10-36-9-3-4-25(28(36)38)37-16-22(26-23(32)14-21(42-2)15-24(26)33)27(29(37)39)35-30(40)34-20-8-6-17-12-19(31)7-5-18(17)13-20/h3-5,7,9,12,14-15,20,22,27H,6,8,10-11,13,16H2,1-2H3,(H2,34,35,40)/t20?,22-,27-/m0/s1. The SMILES string of the molecule is COCCn1cccc(N2C[C@@H](c3c(F)cc(OC)cc3F)[C@H](NC(=O)NC3CCc4cc(Cl)ccc4C3)C2=O)c1=O. The Bertz CT molecular complexity index is 1540. The van der Waals surface area contributed by atoms with Gasteiger partial charge in [-0.05, 0) is 54.7 Å². The molecule has 2 N–H and O–H groups in total. The first-order valence-electron chi connectivity index (χ1n) is 13.6. The molecule has 3 amide bonds. The van der Waals surface area contributed by atoms with Gasteiger partial charge in [-0.3, -0.25) is 9.59 Å². The van der Waals surface area contributed by atoms with E-state index in [1.165, 1.54) is 29.8 Å². The number of hydrogen-bond donors (Lipinski definition) is 2. The number of urea groups is 1. The minimum absolute atomic E-state index is 0.0277. The largest absolute Gasteiger partial charge is 0.497 e. The van der Waals surface area contributed by atoms with Crippen molar-refractivity contribution in [3.63, 3.8) is 0 Å². The molecule has 1 saturated heterocycles. The van der Waals surface area contributed by atoms with Crippen molar-refractivity contribution in [3.8, 4) is 5.75 Å². The Balaban J connectivity index is 1.42. The molecule has 0 bridgehead atoms. The number of benzene rings is 2. The molecule has 3 atom stereocenters. The maximum absolute atomic E-state index is 15.3. The van der Waals surface area contributed by atoms with Gasteiger partial charge in [0.05, 0.1) is 13.7 Å². The summed E-state index contributed by atoms with van der Waals surface area (Å²) in [6.45, 7) is 0.285. The molecule has 0 saturated carbocycles. The van der Waals surface area contributed by atoms with Gasteiger partial charge in [0, 0.05) is 61.1 Å². The highest BCUT2D eigenvalue weighted by Crippen LogP contribution is 2.36. The summed E-state index contributed by atoms with van der Waals surface area (Å²) < 4.78 is 42.0. The van der Waals surface area contributed by atoms with Gasteiger partial charge in [-0.15, -0.1) is 0 Å². The first-order chi connectivity index (χ1) is 20.2. The zero-order chi connectivity index (χ0) is 30.0. The van der Waals surface area contributed by atoms with Crippen LogP contribution in [0.25, 0.3) is 0 Å². The van der Waals surface area contributed by atoms with Gasteiger partial charge in [0.2, 0.25) is 0 Å². The molecule has 2 heterocycles. The van der Waals surface area contributed by atoms with E-state index in [4.69, 9.17) is 21.1 Å². The summed E-state index contributed by atoms with van der Waals surface area (Å²) in [5.74, 6) is -3.66. The van der Waals surface area contributed by atoms with Crippen molar-refractivity contribution in [2.45, 2.75) is 43.8 Å². The maximum Gasteiger partial charge on any atom is 0.315 e. The molecule has 1 aliphatic heterocycles. The zero-order valence-electron chi connectivity index (χ0n) is 23.2. The second kappa shape index (κ2) is 12.5. The Labute approximate surface area is 246 Å². The fourth-order valence-electron chi connectivity index (χ4n) is 5.71. The molecule has 2 aromatic carbocycles. The summed E-state index contributed by atoms with van der Waals surface area (Å²) in [6, 6.07) is 8.53. The predicted molar refractivity (Wildman–Crippen MR) is 153 cm³/mol. The van der Waals surface area contributed by atoms with E-state index >= 15 is 8.78 Å². The van der Waals surface area contributed by atoms with Crippen LogP contribution in [0.3, 0.4) is 0 Å². The number of fused-ring (bicyclic) bond motifs is 1. The minimum atomic E-state index is -1.34. The number of carbonyl (C=O) groups excluding carboxylic acids is 2. The van der Waals surface area contributed by atoms with Crippen LogP contribution in [-0.2, 0) is 28.9 Å². The molecule has 1 aliphatic carbocycles. The summed E-state index contributed by atoms with van der Waals surface area (Å²) in [4.78, 5) is 41.4. The van der Waals surface area contributed by atoms with Crippen LogP contribution in [0.2, 0.25) is 5.02 Å². The number of ether oxygens (including phenoxy) is 2.